The zero-order valence-corrected chi connectivity index (χ0v) is 18.5. The lowest BCUT2D eigenvalue weighted by atomic mass is 10.00. The first-order valence-electron chi connectivity index (χ1n) is 11.2. The molecule has 8 nitrogen and oxygen atoms in total. The zero-order chi connectivity index (χ0) is 21.3. The van der Waals surface area contributed by atoms with Crippen LogP contribution in [-0.4, -0.2) is 63.9 Å². The van der Waals surface area contributed by atoms with Gasteiger partial charge in [0, 0.05) is 24.9 Å². The van der Waals surface area contributed by atoms with Crippen LogP contribution in [-0.2, 0) is 4.74 Å². The Hall–Kier alpha value is -2.09. The van der Waals surface area contributed by atoms with Crippen LogP contribution in [0, 0.1) is 6.92 Å². The number of nitrogens with one attached hydrogen (secondary N) is 1. The fourth-order valence-electron chi connectivity index (χ4n) is 4.72. The molecule has 0 aromatic carbocycles. The van der Waals surface area contributed by atoms with Gasteiger partial charge in [0.1, 0.15) is 24.1 Å². The highest BCUT2D eigenvalue weighted by molar-refractivity contribution is 5.69. The van der Waals surface area contributed by atoms with E-state index in [1.54, 1.807) is 0 Å². The van der Waals surface area contributed by atoms with Crippen LogP contribution in [0.2, 0.25) is 0 Å². The fourth-order valence-corrected chi connectivity index (χ4v) is 4.72. The number of ether oxygens (including phenoxy) is 3. The van der Waals surface area contributed by atoms with E-state index in [0.717, 1.165) is 57.2 Å². The molecule has 1 amide bonds. The molecule has 3 fully saturated rings. The predicted octanol–water partition coefficient (Wildman–Crippen LogP) is 3.23. The summed E-state index contributed by atoms with van der Waals surface area (Å²) >= 11 is 0. The number of nitrogens with zero attached hydrogens (tertiary/aromatic N) is 3. The first-order valence-corrected chi connectivity index (χ1v) is 11.2. The van der Waals surface area contributed by atoms with E-state index in [1.807, 2.05) is 32.6 Å². The fraction of sp³-hybridized carbons (Fsp3) is 0.773. The number of carbonyl (C=O) groups is 1. The van der Waals surface area contributed by atoms with E-state index in [0.29, 0.717) is 11.8 Å². The summed E-state index contributed by atoms with van der Waals surface area (Å²) in [5, 5.41) is 3.34. The molecule has 0 saturated carbocycles. The second-order valence-electron chi connectivity index (χ2n) is 9.66. The number of hydrogen-bond acceptors (Lipinski definition) is 7. The van der Waals surface area contributed by atoms with Crippen molar-refractivity contribution in [1.29, 1.82) is 0 Å². The van der Waals surface area contributed by atoms with Crippen LogP contribution >= 0.6 is 0 Å². The number of fused-ring (bicyclic) bond motifs is 2. The van der Waals surface area contributed by atoms with Gasteiger partial charge in [0.25, 0.3) is 0 Å². The van der Waals surface area contributed by atoms with Crippen molar-refractivity contribution >= 4 is 6.09 Å². The Labute approximate surface area is 178 Å². The first-order chi connectivity index (χ1) is 14.3. The molecular weight excluding hydrogens is 384 g/mol. The van der Waals surface area contributed by atoms with Gasteiger partial charge in [-0.2, -0.15) is 0 Å². The normalized spacial score (nSPS) is 27.1. The predicted molar refractivity (Wildman–Crippen MR) is 112 cm³/mol. The second-order valence-corrected chi connectivity index (χ2v) is 9.66. The lowest BCUT2D eigenvalue weighted by molar-refractivity contribution is -0.00775. The van der Waals surface area contributed by atoms with Gasteiger partial charge in [-0.15, -0.1) is 0 Å². The molecule has 3 atom stereocenters. The largest absolute Gasteiger partial charge is 0.474 e. The molecule has 3 saturated heterocycles. The molecule has 2 bridgehead atoms. The minimum atomic E-state index is -0.479. The molecule has 0 spiro atoms. The molecule has 3 aliphatic heterocycles. The molecule has 8 heteroatoms. The van der Waals surface area contributed by atoms with Gasteiger partial charge in [0.05, 0.1) is 5.56 Å². The van der Waals surface area contributed by atoms with Gasteiger partial charge in [-0.3, -0.25) is 0 Å². The summed E-state index contributed by atoms with van der Waals surface area (Å²) in [6.45, 7) is 9.61. The van der Waals surface area contributed by atoms with Crippen LogP contribution in [0.25, 0.3) is 0 Å². The molecule has 166 valence electrons. The maximum atomic E-state index is 12.6. The van der Waals surface area contributed by atoms with Crippen molar-refractivity contribution in [2.45, 2.75) is 96.1 Å². The van der Waals surface area contributed by atoms with Gasteiger partial charge in [0.2, 0.25) is 11.8 Å². The Morgan fingerprint density at radius 2 is 1.57 bits per heavy atom. The molecule has 0 aliphatic carbocycles. The zero-order valence-electron chi connectivity index (χ0n) is 18.5. The van der Waals surface area contributed by atoms with Gasteiger partial charge in [0.15, 0.2) is 0 Å². The molecular formula is C22H34N4O4. The van der Waals surface area contributed by atoms with Crippen LogP contribution < -0.4 is 14.8 Å². The number of amides is 1. The molecule has 1 unspecified atom stereocenters. The molecule has 3 aliphatic rings. The van der Waals surface area contributed by atoms with Gasteiger partial charge < -0.3 is 24.4 Å². The summed E-state index contributed by atoms with van der Waals surface area (Å²) < 4.78 is 18.1. The number of piperidine rings is 2. The summed E-state index contributed by atoms with van der Waals surface area (Å²) in [6, 6.07) is 0.326. The summed E-state index contributed by atoms with van der Waals surface area (Å²) in [7, 11) is 0. The third-order valence-corrected chi connectivity index (χ3v) is 6.13. The molecule has 30 heavy (non-hydrogen) atoms. The van der Waals surface area contributed by atoms with Crippen molar-refractivity contribution in [2.24, 2.45) is 0 Å². The molecule has 1 N–H and O–H groups in total. The van der Waals surface area contributed by atoms with Crippen LogP contribution in [0.15, 0.2) is 6.33 Å². The van der Waals surface area contributed by atoms with Crippen LogP contribution in [0.5, 0.6) is 11.8 Å². The summed E-state index contributed by atoms with van der Waals surface area (Å²) in [6.07, 6.45) is 7.06. The van der Waals surface area contributed by atoms with Crippen LogP contribution in [0.3, 0.4) is 0 Å². The minimum absolute atomic E-state index is 0.0292. The highest BCUT2D eigenvalue weighted by Gasteiger charge is 2.45. The van der Waals surface area contributed by atoms with Crippen molar-refractivity contribution in [1.82, 2.24) is 20.2 Å². The minimum Gasteiger partial charge on any atom is -0.474 e. The molecule has 1 aromatic heterocycles. The van der Waals surface area contributed by atoms with Crippen molar-refractivity contribution in [2.75, 3.05) is 13.1 Å². The van der Waals surface area contributed by atoms with Gasteiger partial charge in [-0.05, 0) is 66.5 Å². The lowest BCUT2D eigenvalue weighted by Gasteiger charge is -2.39. The number of aromatic nitrogens is 2. The van der Waals surface area contributed by atoms with E-state index in [9.17, 15) is 4.79 Å². The van der Waals surface area contributed by atoms with Crippen molar-refractivity contribution < 1.29 is 19.0 Å². The Morgan fingerprint density at radius 3 is 2.13 bits per heavy atom. The topological polar surface area (TPSA) is 85.8 Å². The van der Waals surface area contributed by atoms with E-state index in [4.69, 9.17) is 14.2 Å². The number of hydrogen-bond donors (Lipinski definition) is 1. The lowest BCUT2D eigenvalue weighted by Crippen LogP contribution is -2.50. The number of carbonyl (C=O) groups excluding carboxylic acids is 1. The molecule has 0 radical (unpaired) electrons. The van der Waals surface area contributed by atoms with Gasteiger partial charge >= 0.3 is 6.09 Å². The van der Waals surface area contributed by atoms with Gasteiger partial charge in [-0.1, -0.05) is 0 Å². The third kappa shape index (κ3) is 4.79. The number of rotatable bonds is 4. The van der Waals surface area contributed by atoms with Crippen LogP contribution in [0.1, 0.15) is 64.9 Å². The van der Waals surface area contributed by atoms with Gasteiger partial charge in [-0.25, -0.2) is 14.8 Å². The summed E-state index contributed by atoms with van der Waals surface area (Å²) in [5.41, 5.74) is 0.366. The van der Waals surface area contributed by atoms with Crippen molar-refractivity contribution in [3.8, 4) is 11.8 Å². The highest BCUT2D eigenvalue weighted by Crippen LogP contribution is 2.38. The van der Waals surface area contributed by atoms with E-state index >= 15 is 0 Å². The Morgan fingerprint density at radius 1 is 1.00 bits per heavy atom. The Bertz CT molecular complexity index is 746. The maximum absolute atomic E-state index is 12.6. The smallest absolute Gasteiger partial charge is 0.410 e. The molecule has 4 rings (SSSR count). The Balaban J connectivity index is 1.39. The van der Waals surface area contributed by atoms with E-state index in [-0.39, 0.29) is 30.4 Å². The van der Waals surface area contributed by atoms with E-state index in [2.05, 4.69) is 15.3 Å². The van der Waals surface area contributed by atoms with E-state index in [1.165, 1.54) is 6.33 Å². The Kier molecular flexibility index (Phi) is 6.04. The summed E-state index contributed by atoms with van der Waals surface area (Å²) in [4.78, 5) is 23.3. The van der Waals surface area contributed by atoms with Crippen molar-refractivity contribution in [3.05, 3.63) is 11.9 Å². The monoisotopic (exact) mass is 418 g/mol. The van der Waals surface area contributed by atoms with Crippen molar-refractivity contribution in [3.63, 3.8) is 0 Å². The van der Waals surface area contributed by atoms with E-state index < -0.39 is 5.60 Å². The maximum Gasteiger partial charge on any atom is 0.410 e. The molecule has 1 aromatic rings. The quantitative estimate of drug-likeness (QED) is 0.803. The standard InChI is InChI=1S/C22H34N4O4/c1-14-19(28-17-7-9-23-10-8-17)24-13-25-20(14)29-18-11-15-5-6-16(12-18)26(15)21(27)30-22(2,3)4/h13,15-18,23H,5-12H2,1-4H3/t15-,16+,18?. The SMILES string of the molecule is Cc1c(OC2CCNCC2)ncnc1OC1C[C@H]2CC[C@@H](C1)N2C(=O)OC(C)(C)C. The second kappa shape index (κ2) is 8.57. The first kappa shape index (κ1) is 21.2. The van der Waals surface area contributed by atoms with Crippen LogP contribution in [0.4, 0.5) is 4.79 Å². The average molecular weight is 419 g/mol. The molecule has 4 heterocycles. The summed E-state index contributed by atoms with van der Waals surface area (Å²) in [5.74, 6) is 1.20. The average Bonchev–Trinajstić information content (AvgIpc) is 2.96. The highest BCUT2D eigenvalue weighted by atomic mass is 16.6. The third-order valence-electron chi connectivity index (χ3n) is 6.13.